The van der Waals surface area contributed by atoms with Gasteiger partial charge >= 0.3 is 23.9 Å². The molecule has 0 unspecified atom stereocenters. The van der Waals surface area contributed by atoms with E-state index in [0.717, 1.165) is 44.9 Å². The van der Waals surface area contributed by atoms with Crippen LogP contribution >= 0.6 is 0 Å². The zero-order valence-corrected chi connectivity index (χ0v) is 35.5. The van der Waals surface area contributed by atoms with Crippen LogP contribution in [0.25, 0.3) is 0 Å². The van der Waals surface area contributed by atoms with Gasteiger partial charge < -0.3 is 24.3 Å². The van der Waals surface area contributed by atoms with Gasteiger partial charge in [-0.3, -0.25) is 24.0 Å². The van der Waals surface area contributed by atoms with Crippen LogP contribution in [0.4, 0.5) is 0 Å². The molecule has 10 heteroatoms. The third-order valence-corrected chi connectivity index (χ3v) is 9.94. The Morgan fingerprint density at radius 1 is 0.426 bits per heavy atom. The molecular formula is C44H81NO9. The Balaban J connectivity index is 4.93. The largest absolute Gasteiger partial charge is 0.464 e. The van der Waals surface area contributed by atoms with E-state index in [4.69, 9.17) is 18.9 Å². The Morgan fingerprint density at radius 3 is 1.13 bits per heavy atom. The highest BCUT2D eigenvalue weighted by Gasteiger charge is 2.38. The van der Waals surface area contributed by atoms with Crippen LogP contribution in [0.5, 0.6) is 0 Å². The third kappa shape index (κ3) is 31.7. The summed E-state index contributed by atoms with van der Waals surface area (Å²) < 4.78 is 22.0. The van der Waals surface area contributed by atoms with Crippen molar-refractivity contribution in [2.75, 3.05) is 6.61 Å². The summed E-state index contributed by atoms with van der Waals surface area (Å²) in [5.74, 6) is -2.95. The lowest BCUT2D eigenvalue weighted by molar-refractivity contribution is -0.172. The quantitative estimate of drug-likeness (QED) is 0.0372. The number of hydrogen-bond donors (Lipinski definition) is 1. The Morgan fingerprint density at radius 2 is 0.778 bits per heavy atom. The first-order valence-electron chi connectivity index (χ1n) is 22.0. The van der Waals surface area contributed by atoms with Crippen LogP contribution in [-0.4, -0.2) is 60.7 Å². The Bertz CT molecular complexity index is 972. The second kappa shape index (κ2) is 36.0. The van der Waals surface area contributed by atoms with E-state index in [1.165, 1.54) is 137 Å². The summed E-state index contributed by atoms with van der Waals surface area (Å²) in [5.41, 5.74) is 0. The molecule has 0 saturated heterocycles. The van der Waals surface area contributed by atoms with Gasteiger partial charge in [0.1, 0.15) is 18.8 Å². The second-order valence-electron chi connectivity index (χ2n) is 15.3. The average Bonchev–Trinajstić information content (AvgIpc) is 3.11. The van der Waals surface area contributed by atoms with Crippen molar-refractivity contribution in [1.82, 2.24) is 5.32 Å². The fourth-order valence-corrected chi connectivity index (χ4v) is 6.97. The van der Waals surface area contributed by atoms with Crippen LogP contribution in [0.3, 0.4) is 0 Å². The molecule has 4 atom stereocenters. The van der Waals surface area contributed by atoms with Crippen molar-refractivity contribution in [2.45, 2.75) is 246 Å². The summed E-state index contributed by atoms with van der Waals surface area (Å²) in [6.07, 6.45) is 28.9. The van der Waals surface area contributed by atoms with Gasteiger partial charge in [0.25, 0.3) is 5.91 Å². The van der Waals surface area contributed by atoms with Crippen molar-refractivity contribution in [3.63, 3.8) is 0 Å². The molecule has 1 N–H and O–H groups in total. The highest BCUT2D eigenvalue weighted by Crippen LogP contribution is 2.21. The Hall–Kier alpha value is -2.65. The molecular weight excluding hydrogens is 686 g/mol. The van der Waals surface area contributed by atoms with E-state index in [0.29, 0.717) is 25.7 Å². The van der Waals surface area contributed by atoms with Gasteiger partial charge in [0.15, 0.2) is 12.2 Å². The van der Waals surface area contributed by atoms with Crippen molar-refractivity contribution in [2.24, 2.45) is 0 Å². The predicted octanol–water partition coefficient (Wildman–Crippen LogP) is 10.8. The zero-order valence-electron chi connectivity index (χ0n) is 35.5. The highest BCUT2D eigenvalue weighted by atomic mass is 16.6. The summed E-state index contributed by atoms with van der Waals surface area (Å²) in [6.45, 7) is 9.12. The molecule has 0 fully saturated rings. The Kier molecular flexibility index (Phi) is 34.2. The van der Waals surface area contributed by atoms with Crippen molar-refractivity contribution >= 4 is 29.8 Å². The maximum Gasteiger partial charge on any atom is 0.303 e. The number of carbonyl (C=O) groups excluding carboxylic acids is 5. The number of hydrogen-bond acceptors (Lipinski definition) is 9. The first-order chi connectivity index (χ1) is 26.0. The number of ether oxygens (including phenoxy) is 4. The summed E-state index contributed by atoms with van der Waals surface area (Å²) in [6, 6.07) is -1.04. The summed E-state index contributed by atoms with van der Waals surface area (Å²) in [7, 11) is 0. The fourth-order valence-electron chi connectivity index (χ4n) is 6.97. The third-order valence-electron chi connectivity index (χ3n) is 9.94. The van der Waals surface area contributed by atoms with Gasteiger partial charge in [-0.2, -0.15) is 0 Å². The molecule has 1 amide bonds. The summed E-state index contributed by atoms with van der Waals surface area (Å²) in [4.78, 5) is 61.8. The van der Waals surface area contributed by atoms with E-state index in [9.17, 15) is 24.0 Å². The molecule has 0 bridgehead atoms. The first kappa shape index (κ1) is 51.4. The molecule has 0 aliphatic rings. The molecule has 0 aliphatic heterocycles. The highest BCUT2D eigenvalue weighted by molar-refractivity contribution is 5.83. The standard InChI is InChI=1S/C44H81NO9/c1-7-9-11-13-15-16-17-18-19-20-21-22-23-24-25-26-28-30-32-34-42(53-38(5)48)44(50)45-40(35-51-36(3)46)43(54-39(6)49)41(52-37(4)47)33-31-29-27-14-12-10-8-2/h40-43H,7-35H2,1-6H3,(H,45,50)/t40-,41+,42+,43-/m0/s1. The van der Waals surface area contributed by atoms with Crippen molar-refractivity contribution < 1.29 is 42.9 Å². The van der Waals surface area contributed by atoms with Gasteiger partial charge in [-0.15, -0.1) is 0 Å². The summed E-state index contributed by atoms with van der Waals surface area (Å²) in [5, 5.41) is 2.81. The molecule has 54 heavy (non-hydrogen) atoms. The predicted molar refractivity (Wildman–Crippen MR) is 216 cm³/mol. The lowest BCUT2D eigenvalue weighted by Crippen LogP contribution is -2.56. The molecule has 0 saturated carbocycles. The van der Waals surface area contributed by atoms with E-state index in [1.54, 1.807) is 0 Å². The molecule has 0 radical (unpaired) electrons. The van der Waals surface area contributed by atoms with Crippen molar-refractivity contribution in [3.05, 3.63) is 0 Å². The van der Waals surface area contributed by atoms with Crippen molar-refractivity contribution in [1.29, 1.82) is 0 Å². The zero-order chi connectivity index (χ0) is 40.2. The minimum absolute atomic E-state index is 0.320. The van der Waals surface area contributed by atoms with E-state index < -0.39 is 54.1 Å². The molecule has 316 valence electrons. The normalized spacial score (nSPS) is 13.4. The molecule has 10 nitrogen and oxygen atoms in total. The van der Waals surface area contributed by atoms with Crippen LogP contribution in [0.2, 0.25) is 0 Å². The van der Waals surface area contributed by atoms with Crippen LogP contribution in [-0.2, 0) is 42.9 Å². The topological polar surface area (TPSA) is 134 Å². The number of unbranched alkanes of at least 4 members (excludes halogenated alkanes) is 24. The molecule has 0 aromatic rings. The van der Waals surface area contributed by atoms with Crippen molar-refractivity contribution in [3.8, 4) is 0 Å². The maximum atomic E-state index is 13.6. The number of nitrogens with one attached hydrogen (secondary N) is 1. The second-order valence-corrected chi connectivity index (χ2v) is 15.3. The van der Waals surface area contributed by atoms with Gasteiger partial charge in [0, 0.05) is 27.7 Å². The number of amides is 1. The Labute approximate surface area is 329 Å². The van der Waals surface area contributed by atoms with E-state index >= 15 is 0 Å². The van der Waals surface area contributed by atoms with Gasteiger partial charge in [0.2, 0.25) is 0 Å². The minimum atomic E-state index is -1.12. The maximum absolute atomic E-state index is 13.6. The monoisotopic (exact) mass is 768 g/mol. The summed E-state index contributed by atoms with van der Waals surface area (Å²) >= 11 is 0. The SMILES string of the molecule is CCCCCCCCCCCCCCCCCCCCC[C@@H](OC(C)=O)C(=O)N[C@@H](COC(C)=O)[C@H](OC(C)=O)[C@@H](CCCCCCCCC)OC(C)=O. The van der Waals surface area contributed by atoms with Gasteiger partial charge in [0.05, 0.1) is 0 Å². The van der Waals surface area contributed by atoms with Gasteiger partial charge in [-0.1, -0.05) is 168 Å². The molecule has 0 aromatic carbocycles. The van der Waals surface area contributed by atoms with E-state index in [1.807, 2.05) is 0 Å². The van der Waals surface area contributed by atoms with Crippen LogP contribution in [0.15, 0.2) is 0 Å². The van der Waals surface area contributed by atoms with Crippen LogP contribution in [0, 0.1) is 0 Å². The smallest absolute Gasteiger partial charge is 0.303 e. The first-order valence-corrected chi connectivity index (χ1v) is 22.0. The average molecular weight is 768 g/mol. The number of carbonyl (C=O) groups is 5. The molecule has 0 rings (SSSR count). The fraction of sp³-hybridized carbons (Fsp3) is 0.886. The lowest BCUT2D eigenvalue weighted by Gasteiger charge is -2.33. The lowest BCUT2D eigenvalue weighted by atomic mass is 9.98. The van der Waals surface area contributed by atoms with Crippen LogP contribution < -0.4 is 5.32 Å². The van der Waals surface area contributed by atoms with Gasteiger partial charge in [-0.25, -0.2) is 0 Å². The number of rotatable bonds is 37. The molecule has 0 spiro atoms. The number of esters is 4. The van der Waals surface area contributed by atoms with Crippen LogP contribution in [0.1, 0.15) is 221 Å². The molecule has 0 aromatic heterocycles. The van der Waals surface area contributed by atoms with Gasteiger partial charge in [-0.05, 0) is 25.7 Å². The molecule has 0 aliphatic carbocycles. The minimum Gasteiger partial charge on any atom is -0.464 e. The van der Waals surface area contributed by atoms with E-state index in [2.05, 4.69) is 19.2 Å². The molecule has 0 heterocycles. The van der Waals surface area contributed by atoms with E-state index in [-0.39, 0.29) is 6.61 Å².